The van der Waals surface area contributed by atoms with Crippen molar-refractivity contribution in [3.8, 4) is 17.2 Å². The fraction of sp³-hybridized carbons (Fsp3) is 0.185. The van der Waals surface area contributed by atoms with Gasteiger partial charge in [-0.15, -0.1) is 0 Å². The van der Waals surface area contributed by atoms with Gasteiger partial charge < -0.3 is 10.6 Å². The van der Waals surface area contributed by atoms with Crippen LogP contribution in [0, 0.1) is 11.3 Å². The van der Waals surface area contributed by atoms with Gasteiger partial charge in [-0.1, -0.05) is 49.4 Å². The van der Waals surface area contributed by atoms with Crippen molar-refractivity contribution in [1.29, 1.82) is 5.26 Å². The molecule has 2 atom stereocenters. The van der Waals surface area contributed by atoms with Crippen molar-refractivity contribution in [3.63, 3.8) is 0 Å². The Balaban J connectivity index is 1.45. The molecule has 2 aromatic heterocycles. The van der Waals surface area contributed by atoms with Gasteiger partial charge in [-0.25, -0.2) is 9.67 Å². The molecule has 4 rings (SSSR count). The lowest BCUT2D eigenvalue weighted by molar-refractivity contribution is -0.118. The third kappa shape index (κ3) is 5.98. The van der Waals surface area contributed by atoms with E-state index in [1.165, 1.54) is 18.6 Å². The number of nitriles is 1. The Labute approximate surface area is 207 Å². The molecular formula is C27H24F2N6O. The van der Waals surface area contributed by atoms with E-state index in [-0.39, 0.29) is 11.8 Å². The Bertz CT molecular complexity index is 1330. The summed E-state index contributed by atoms with van der Waals surface area (Å²) in [4.78, 5) is 17.5. The van der Waals surface area contributed by atoms with Crippen LogP contribution in [0.2, 0.25) is 0 Å². The van der Waals surface area contributed by atoms with Gasteiger partial charge in [0.25, 0.3) is 0 Å². The molecule has 9 heteroatoms. The van der Waals surface area contributed by atoms with E-state index in [0.29, 0.717) is 33.7 Å². The molecule has 36 heavy (non-hydrogen) atoms. The Morgan fingerprint density at radius 3 is 2.36 bits per heavy atom. The van der Waals surface area contributed by atoms with Crippen molar-refractivity contribution < 1.29 is 13.6 Å². The van der Waals surface area contributed by atoms with Crippen LogP contribution < -0.4 is 10.6 Å². The van der Waals surface area contributed by atoms with E-state index < -0.39 is 12.6 Å². The number of alkyl halides is 2. The van der Waals surface area contributed by atoms with Gasteiger partial charge in [-0.3, -0.25) is 4.79 Å². The normalized spacial score (nSPS) is 12.6. The third-order valence-electron chi connectivity index (χ3n) is 5.78. The monoisotopic (exact) mass is 486 g/mol. The SMILES string of the molecule is C[C@H](CN[C@H](C(=O)Nc1ccc(-c2cnn(C(F)F)c2)cn1)c1ccccc1)c1ccc(C#N)cc1. The molecule has 1 amide bonds. The second-order valence-electron chi connectivity index (χ2n) is 8.29. The Morgan fingerprint density at radius 1 is 1.00 bits per heavy atom. The minimum Gasteiger partial charge on any atom is -0.309 e. The number of benzene rings is 2. The second-order valence-corrected chi connectivity index (χ2v) is 8.29. The van der Waals surface area contributed by atoms with Gasteiger partial charge in [0, 0.05) is 30.1 Å². The molecule has 7 nitrogen and oxygen atoms in total. The van der Waals surface area contributed by atoms with Gasteiger partial charge in [-0.05, 0) is 41.3 Å². The Kier molecular flexibility index (Phi) is 7.78. The zero-order chi connectivity index (χ0) is 25.5. The third-order valence-corrected chi connectivity index (χ3v) is 5.78. The maximum Gasteiger partial charge on any atom is 0.333 e. The fourth-order valence-electron chi connectivity index (χ4n) is 3.74. The van der Waals surface area contributed by atoms with E-state index in [1.54, 1.807) is 24.3 Å². The van der Waals surface area contributed by atoms with E-state index in [0.717, 1.165) is 11.1 Å². The van der Waals surface area contributed by atoms with Gasteiger partial charge in [0.15, 0.2) is 0 Å². The van der Waals surface area contributed by atoms with Crippen LogP contribution in [0.4, 0.5) is 14.6 Å². The summed E-state index contributed by atoms with van der Waals surface area (Å²) in [5.74, 6) is 0.162. The second kappa shape index (κ2) is 11.3. The zero-order valence-corrected chi connectivity index (χ0v) is 19.5. The van der Waals surface area contributed by atoms with Crippen LogP contribution in [0.5, 0.6) is 0 Å². The molecule has 0 spiro atoms. The summed E-state index contributed by atoms with van der Waals surface area (Å²) < 4.78 is 26.1. The number of rotatable bonds is 9. The van der Waals surface area contributed by atoms with Crippen molar-refractivity contribution in [2.45, 2.75) is 25.4 Å². The quantitative estimate of drug-likeness (QED) is 0.335. The number of carbonyl (C=O) groups is 1. The van der Waals surface area contributed by atoms with Crippen LogP contribution in [0.3, 0.4) is 0 Å². The van der Waals surface area contributed by atoms with Gasteiger partial charge in [0.05, 0.1) is 17.8 Å². The van der Waals surface area contributed by atoms with E-state index in [4.69, 9.17) is 5.26 Å². The molecule has 4 aromatic rings. The largest absolute Gasteiger partial charge is 0.333 e. The number of pyridine rings is 1. The number of nitrogens with zero attached hydrogens (tertiary/aromatic N) is 4. The molecule has 0 fully saturated rings. The first-order valence-corrected chi connectivity index (χ1v) is 11.3. The van der Waals surface area contributed by atoms with E-state index in [9.17, 15) is 13.6 Å². The first kappa shape index (κ1) is 24.7. The minimum absolute atomic E-state index is 0.100. The summed E-state index contributed by atoms with van der Waals surface area (Å²) >= 11 is 0. The first-order valence-electron chi connectivity index (χ1n) is 11.3. The molecular weight excluding hydrogens is 462 g/mol. The van der Waals surface area contributed by atoms with Crippen LogP contribution in [-0.2, 0) is 4.79 Å². The molecule has 0 saturated carbocycles. The first-order chi connectivity index (χ1) is 17.4. The number of hydrogen-bond acceptors (Lipinski definition) is 5. The van der Waals surface area contributed by atoms with E-state index in [2.05, 4.69) is 26.8 Å². The molecule has 0 aliphatic carbocycles. The molecule has 0 aliphatic heterocycles. The number of halogens is 2. The summed E-state index contributed by atoms with van der Waals surface area (Å²) in [7, 11) is 0. The minimum atomic E-state index is -2.72. The van der Waals surface area contributed by atoms with Crippen LogP contribution in [-0.4, -0.2) is 27.2 Å². The van der Waals surface area contributed by atoms with E-state index >= 15 is 0 Å². The van der Waals surface area contributed by atoms with Crippen molar-refractivity contribution in [1.82, 2.24) is 20.1 Å². The summed E-state index contributed by atoms with van der Waals surface area (Å²) in [6.07, 6.45) is 4.08. The van der Waals surface area contributed by atoms with Gasteiger partial charge >= 0.3 is 6.55 Å². The van der Waals surface area contributed by atoms with Crippen molar-refractivity contribution in [3.05, 3.63) is 102 Å². The number of carbonyl (C=O) groups excluding carboxylic acids is 1. The number of amides is 1. The number of anilines is 1. The average molecular weight is 487 g/mol. The lowest BCUT2D eigenvalue weighted by Crippen LogP contribution is -2.35. The number of hydrogen-bond donors (Lipinski definition) is 2. The molecule has 0 radical (unpaired) electrons. The van der Waals surface area contributed by atoms with Gasteiger partial charge in [0.1, 0.15) is 11.9 Å². The maximum absolute atomic E-state index is 13.2. The Morgan fingerprint density at radius 2 is 1.75 bits per heavy atom. The molecule has 2 aromatic carbocycles. The standard InChI is InChI=1S/C27H24F2N6O/c1-18(20-9-7-19(13-30)8-10-20)14-32-25(21-5-3-2-4-6-21)26(36)34-24-12-11-22(15-31-24)23-16-33-35(17-23)27(28)29/h2-12,15-18,25,27,32H,14H2,1H3,(H,31,34,36)/t18-,25+/m1/s1. The fourth-order valence-corrected chi connectivity index (χ4v) is 3.74. The van der Waals surface area contributed by atoms with Crippen LogP contribution in [0.25, 0.3) is 11.1 Å². The Hall–Kier alpha value is -4.42. The van der Waals surface area contributed by atoms with Crippen molar-refractivity contribution >= 4 is 11.7 Å². The van der Waals surface area contributed by atoms with Gasteiger partial charge in [0.2, 0.25) is 5.91 Å². The topological polar surface area (TPSA) is 95.6 Å². The highest BCUT2D eigenvalue weighted by atomic mass is 19.3. The van der Waals surface area contributed by atoms with Crippen LogP contribution in [0.15, 0.2) is 85.3 Å². The number of nitrogens with one attached hydrogen (secondary N) is 2. The average Bonchev–Trinajstić information content (AvgIpc) is 3.41. The molecule has 0 aliphatic rings. The van der Waals surface area contributed by atoms with Crippen molar-refractivity contribution in [2.24, 2.45) is 0 Å². The lowest BCUT2D eigenvalue weighted by Gasteiger charge is -2.21. The smallest absolute Gasteiger partial charge is 0.309 e. The summed E-state index contributed by atoms with van der Waals surface area (Å²) in [5, 5.41) is 18.8. The summed E-state index contributed by atoms with van der Waals surface area (Å²) in [5.41, 5.74) is 3.57. The molecule has 0 unspecified atom stereocenters. The zero-order valence-electron chi connectivity index (χ0n) is 19.5. The summed E-state index contributed by atoms with van der Waals surface area (Å²) in [6, 6.07) is 21.6. The highest BCUT2D eigenvalue weighted by Gasteiger charge is 2.22. The van der Waals surface area contributed by atoms with Crippen molar-refractivity contribution in [2.75, 3.05) is 11.9 Å². The van der Waals surface area contributed by atoms with Gasteiger partial charge in [-0.2, -0.15) is 19.1 Å². The van der Waals surface area contributed by atoms with Crippen LogP contribution in [0.1, 0.15) is 42.1 Å². The molecule has 0 bridgehead atoms. The maximum atomic E-state index is 13.2. The number of aromatic nitrogens is 3. The molecule has 2 N–H and O–H groups in total. The van der Waals surface area contributed by atoms with Crippen LogP contribution >= 0.6 is 0 Å². The molecule has 2 heterocycles. The summed E-state index contributed by atoms with van der Waals surface area (Å²) in [6.45, 7) is -0.142. The highest BCUT2D eigenvalue weighted by molar-refractivity contribution is 5.95. The predicted molar refractivity (Wildman–Crippen MR) is 132 cm³/mol. The highest BCUT2D eigenvalue weighted by Crippen LogP contribution is 2.23. The van der Waals surface area contributed by atoms with E-state index in [1.807, 2.05) is 49.4 Å². The molecule has 0 saturated heterocycles. The lowest BCUT2D eigenvalue weighted by atomic mass is 9.98. The predicted octanol–water partition coefficient (Wildman–Crippen LogP) is 5.28. The molecule has 182 valence electrons.